The molecule has 3 heteroatoms. The van der Waals surface area contributed by atoms with Crippen molar-refractivity contribution in [1.29, 1.82) is 0 Å². The number of hydrogen-bond acceptors (Lipinski definition) is 3. The van der Waals surface area contributed by atoms with E-state index in [1.807, 2.05) is 0 Å². The van der Waals surface area contributed by atoms with Gasteiger partial charge in [0.15, 0.2) is 0 Å². The lowest BCUT2D eigenvalue weighted by molar-refractivity contribution is 0.182. The molecule has 0 spiro atoms. The van der Waals surface area contributed by atoms with Gasteiger partial charge >= 0.3 is 0 Å². The zero-order valence-corrected chi connectivity index (χ0v) is 13.1. The predicted molar refractivity (Wildman–Crippen MR) is 84.3 cm³/mol. The van der Waals surface area contributed by atoms with E-state index in [0.29, 0.717) is 6.04 Å². The Bertz CT molecular complexity index is 411. The maximum atomic E-state index is 5.44. The standard InChI is InChI=1S/C17H28N2O/c1-4-19(16-6-5-10-18-11-9-16)13-15-8-7-14(2)17(12-15)20-3/h7-8,12,16,18H,4-6,9-11,13H2,1-3H3. The molecule has 1 unspecified atom stereocenters. The van der Waals surface area contributed by atoms with E-state index in [0.717, 1.165) is 25.4 Å². The van der Waals surface area contributed by atoms with Crippen LogP contribution >= 0.6 is 0 Å². The second-order valence-electron chi connectivity index (χ2n) is 5.70. The molecule has 1 N–H and O–H groups in total. The van der Waals surface area contributed by atoms with Crippen molar-refractivity contribution >= 4 is 0 Å². The summed E-state index contributed by atoms with van der Waals surface area (Å²) in [4.78, 5) is 2.61. The molecule has 1 aromatic carbocycles. The van der Waals surface area contributed by atoms with Crippen LogP contribution in [0, 0.1) is 6.92 Å². The fourth-order valence-corrected chi connectivity index (χ4v) is 3.06. The summed E-state index contributed by atoms with van der Waals surface area (Å²) in [7, 11) is 1.75. The smallest absolute Gasteiger partial charge is 0.122 e. The summed E-state index contributed by atoms with van der Waals surface area (Å²) in [5.74, 6) is 1.00. The van der Waals surface area contributed by atoms with Crippen LogP contribution in [0.15, 0.2) is 18.2 Å². The Morgan fingerprint density at radius 2 is 2.15 bits per heavy atom. The average Bonchev–Trinajstić information content (AvgIpc) is 2.75. The minimum Gasteiger partial charge on any atom is -0.496 e. The van der Waals surface area contributed by atoms with Crippen molar-refractivity contribution in [1.82, 2.24) is 10.2 Å². The molecule has 0 amide bonds. The topological polar surface area (TPSA) is 24.5 Å². The molecular weight excluding hydrogens is 248 g/mol. The van der Waals surface area contributed by atoms with Crippen LogP contribution in [0.3, 0.4) is 0 Å². The van der Waals surface area contributed by atoms with Crippen molar-refractivity contribution in [2.24, 2.45) is 0 Å². The van der Waals surface area contributed by atoms with Crippen molar-refractivity contribution in [3.63, 3.8) is 0 Å². The Hall–Kier alpha value is -1.06. The van der Waals surface area contributed by atoms with Gasteiger partial charge in [0, 0.05) is 12.6 Å². The molecule has 0 aliphatic carbocycles. The van der Waals surface area contributed by atoms with Crippen molar-refractivity contribution in [3.05, 3.63) is 29.3 Å². The van der Waals surface area contributed by atoms with E-state index in [-0.39, 0.29) is 0 Å². The fraction of sp³-hybridized carbons (Fsp3) is 0.647. The van der Waals surface area contributed by atoms with Gasteiger partial charge in [-0.05, 0) is 63.0 Å². The number of hydrogen-bond donors (Lipinski definition) is 1. The number of nitrogens with one attached hydrogen (secondary N) is 1. The molecule has 2 rings (SSSR count). The summed E-state index contributed by atoms with van der Waals surface area (Å²) in [6, 6.07) is 7.29. The third-order valence-electron chi connectivity index (χ3n) is 4.33. The molecule has 1 aromatic rings. The molecule has 0 aromatic heterocycles. The summed E-state index contributed by atoms with van der Waals surface area (Å²) < 4.78 is 5.44. The highest BCUT2D eigenvalue weighted by molar-refractivity contribution is 5.36. The lowest BCUT2D eigenvalue weighted by Crippen LogP contribution is -2.35. The van der Waals surface area contributed by atoms with Crippen molar-refractivity contribution in [3.8, 4) is 5.75 Å². The molecule has 112 valence electrons. The van der Waals surface area contributed by atoms with Gasteiger partial charge in [-0.3, -0.25) is 4.90 Å². The molecular formula is C17H28N2O. The number of aryl methyl sites for hydroxylation is 1. The van der Waals surface area contributed by atoms with E-state index in [2.05, 4.69) is 42.3 Å². The van der Waals surface area contributed by atoms with Crippen molar-refractivity contribution < 1.29 is 4.74 Å². The lowest BCUT2D eigenvalue weighted by atomic mass is 10.1. The summed E-state index contributed by atoms with van der Waals surface area (Å²) in [5, 5.41) is 3.50. The number of methoxy groups -OCH3 is 1. The third-order valence-corrected chi connectivity index (χ3v) is 4.33. The quantitative estimate of drug-likeness (QED) is 0.895. The first-order chi connectivity index (χ1) is 9.74. The molecule has 1 saturated heterocycles. The first-order valence-electron chi connectivity index (χ1n) is 7.83. The largest absolute Gasteiger partial charge is 0.496 e. The maximum Gasteiger partial charge on any atom is 0.122 e. The van der Waals surface area contributed by atoms with Gasteiger partial charge in [0.2, 0.25) is 0 Å². The molecule has 1 aliphatic rings. The second-order valence-corrected chi connectivity index (χ2v) is 5.70. The first-order valence-corrected chi connectivity index (χ1v) is 7.83. The van der Waals surface area contributed by atoms with E-state index in [1.54, 1.807) is 7.11 Å². The Morgan fingerprint density at radius 3 is 2.90 bits per heavy atom. The molecule has 1 aliphatic heterocycles. The number of benzene rings is 1. The molecule has 1 heterocycles. The SMILES string of the molecule is CCN(Cc1ccc(C)c(OC)c1)C1CCCNCC1. The minimum absolute atomic E-state index is 0.710. The Kier molecular flexibility index (Phi) is 5.86. The number of rotatable bonds is 5. The van der Waals surface area contributed by atoms with Crippen LogP contribution in [0.4, 0.5) is 0 Å². The average molecular weight is 276 g/mol. The van der Waals surface area contributed by atoms with Crippen LogP contribution in [0.25, 0.3) is 0 Å². The number of nitrogens with zero attached hydrogens (tertiary/aromatic N) is 1. The van der Waals surface area contributed by atoms with E-state index < -0.39 is 0 Å². The van der Waals surface area contributed by atoms with Gasteiger partial charge in [-0.15, -0.1) is 0 Å². The zero-order chi connectivity index (χ0) is 14.4. The maximum absolute atomic E-state index is 5.44. The van der Waals surface area contributed by atoms with Crippen molar-refractivity contribution in [2.75, 3.05) is 26.7 Å². The zero-order valence-electron chi connectivity index (χ0n) is 13.1. The van der Waals surface area contributed by atoms with Gasteiger partial charge < -0.3 is 10.1 Å². The van der Waals surface area contributed by atoms with Crippen LogP contribution in [-0.2, 0) is 6.54 Å². The highest BCUT2D eigenvalue weighted by Gasteiger charge is 2.19. The summed E-state index contributed by atoms with van der Waals surface area (Å²) in [5.41, 5.74) is 2.56. The van der Waals surface area contributed by atoms with E-state index in [1.165, 1.54) is 36.9 Å². The fourth-order valence-electron chi connectivity index (χ4n) is 3.06. The monoisotopic (exact) mass is 276 g/mol. The van der Waals surface area contributed by atoms with E-state index >= 15 is 0 Å². The van der Waals surface area contributed by atoms with Crippen LogP contribution in [0.5, 0.6) is 5.75 Å². The lowest BCUT2D eigenvalue weighted by Gasteiger charge is -2.30. The predicted octanol–water partition coefficient (Wildman–Crippen LogP) is 2.97. The van der Waals surface area contributed by atoms with Crippen LogP contribution < -0.4 is 10.1 Å². The molecule has 20 heavy (non-hydrogen) atoms. The van der Waals surface area contributed by atoms with Gasteiger partial charge in [-0.1, -0.05) is 19.1 Å². The highest BCUT2D eigenvalue weighted by atomic mass is 16.5. The molecule has 3 nitrogen and oxygen atoms in total. The first kappa shape index (κ1) is 15.3. The normalized spacial score (nSPS) is 19.9. The van der Waals surface area contributed by atoms with Gasteiger partial charge in [0.05, 0.1) is 7.11 Å². The summed E-state index contributed by atoms with van der Waals surface area (Å²) >= 11 is 0. The molecule has 1 fully saturated rings. The molecule has 0 bridgehead atoms. The van der Waals surface area contributed by atoms with E-state index in [9.17, 15) is 0 Å². The van der Waals surface area contributed by atoms with Crippen LogP contribution in [-0.4, -0.2) is 37.7 Å². The summed E-state index contributed by atoms with van der Waals surface area (Å²) in [6.45, 7) is 8.82. The molecule has 0 radical (unpaired) electrons. The van der Waals surface area contributed by atoms with Gasteiger partial charge in [0.25, 0.3) is 0 Å². The second kappa shape index (κ2) is 7.65. The third kappa shape index (κ3) is 3.97. The van der Waals surface area contributed by atoms with Gasteiger partial charge in [-0.25, -0.2) is 0 Å². The Labute approximate surface area is 123 Å². The van der Waals surface area contributed by atoms with Crippen LogP contribution in [0.2, 0.25) is 0 Å². The Balaban J connectivity index is 2.05. The minimum atomic E-state index is 0.710. The molecule has 0 saturated carbocycles. The van der Waals surface area contributed by atoms with Gasteiger partial charge in [0.1, 0.15) is 5.75 Å². The van der Waals surface area contributed by atoms with Crippen molar-refractivity contribution in [2.45, 2.75) is 45.7 Å². The van der Waals surface area contributed by atoms with Gasteiger partial charge in [-0.2, -0.15) is 0 Å². The summed E-state index contributed by atoms with van der Waals surface area (Å²) in [6.07, 6.45) is 3.86. The highest BCUT2D eigenvalue weighted by Crippen LogP contribution is 2.22. The molecule has 1 atom stereocenters. The number of ether oxygens (including phenoxy) is 1. The Morgan fingerprint density at radius 1 is 1.30 bits per heavy atom. The van der Waals surface area contributed by atoms with E-state index in [4.69, 9.17) is 4.74 Å². The van der Waals surface area contributed by atoms with Crippen LogP contribution in [0.1, 0.15) is 37.3 Å².